The molecule has 8 heteroatoms. The Morgan fingerprint density at radius 1 is 1.14 bits per heavy atom. The van der Waals surface area contributed by atoms with Crippen molar-refractivity contribution in [2.75, 3.05) is 19.8 Å². The Balaban J connectivity index is 1.33. The molecule has 0 fully saturated rings. The summed E-state index contributed by atoms with van der Waals surface area (Å²) in [5.74, 6) is -0.452. The number of allylic oxidation sites excluding steroid dienone is 1. The van der Waals surface area contributed by atoms with E-state index in [1.54, 1.807) is 24.3 Å². The SMILES string of the molecule is O=C(COC(=O)[C@H]1COc2ccccc2O1)NC(=O)NCCC1=CCCCC1. The molecule has 1 atom stereocenters. The summed E-state index contributed by atoms with van der Waals surface area (Å²) >= 11 is 0. The van der Waals surface area contributed by atoms with Crippen LogP contribution < -0.4 is 20.1 Å². The van der Waals surface area contributed by atoms with Gasteiger partial charge in [0.15, 0.2) is 18.1 Å². The van der Waals surface area contributed by atoms with Gasteiger partial charge in [0.25, 0.3) is 5.91 Å². The van der Waals surface area contributed by atoms with Crippen LogP contribution in [0.25, 0.3) is 0 Å². The van der Waals surface area contributed by atoms with Gasteiger partial charge in [-0.15, -0.1) is 0 Å². The van der Waals surface area contributed by atoms with Crippen molar-refractivity contribution in [3.8, 4) is 11.5 Å². The van der Waals surface area contributed by atoms with Crippen LogP contribution in [0.2, 0.25) is 0 Å². The predicted octanol–water partition coefficient (Wildman–Crippen LogP) is 2.09. The highest BCUT2D eigenvalue weighted by molar-refractivity contribution is 5.95. The standard InChI is InChI=1S/C20H24N2O6/c23-18(22-20(25)21-11-10-14-6-2-1-3-7-14)13-27-19(24)17-12-26-15-8-4-5-9-16(15)28-17/h4-6,8-9,17H,1-3,7,10-13H2,(H2,21,22,23,25)/t17-/m1/s1. The summed E-state index contributed by atoms with van der Waals surface area (Å²) in [5, 5.41) is 4.76. The number of carbonyl (C=O) groups is 3. The molecule has 8 nitrogen and oxygen atoms in total. The molecular weight excluding hydrogens is 364 g/mol. The van der Waals surface area contributed by atoms with Gasteiger partial charge in [-0.05, 0) is 44.2 Å². The molecular formula is C20H24N2O6. The third-order valence-corrected chi connectivity index (χ3v) is 4.49. The number of hydrogen-bond acceptors (Lipinski definition) is 6. The summed E-state index contributed by atoms with van der Waals surface area (Å²) in [6.45, 7) is -0.121. The van der Waals surface area contributed by atoms with E-state index in [2.05, 4.69) is 16.7 Å². The molecule has 0 saturated carbocycles. The summed E-state index contributed by atoms with van der Waals surface area (Å²) in [6.07, 6.45) is 6.58. The highest BCUT2D eigenvalue weighted by atomic mass is 16.6. The Morgan fingerprint density at radius 3 is 2.75 bits per heavy atom. The average molecular weight is 388 g/mol. The first kappa shape index (κ1) is 19.7. The molecule has 1 aliphatic heterocycles. The van der Waals surface area contributed by atoms with Crippen LogP contribution in [-0.2, 0) is 14.3 Å². The first-order chi connectivity index (χ1) is 13.6. The van der Waals surface area contributed by atoms with Crippen LogP contribution >= 0.6 is 0 Å². The number of urea groups is 1. The van der Waals surface area contributed by atoms with Gasteiger partial charge in [0.2, 0.25) is 6.10 Å². The third-order valence-electron chi connectivity index (χ3n) is 4.49. The van der Waals surface area contributed by atoms with E-state index >= 15 is 0 Å². The second kappa shape index (κ2) is 9.77. The monoisotopic (exact) mass is 388 g/mol. The van der Waals surface area contributed by atoms with E-state index in [-0.39, 0.29) is 6.61 Å². The number of hydrogen-bond donors (Lipinski definition) is 2. The fourth-order valence-electron chi connectivity index (χ4n) is 3.04. The van der Waals surface area contributed by atoms with E-state index in [0.29, 0.717) is 18.0 Å². The van der Waals surface area contributed by atoms with E-state index in [1.165, 1.54) is 18.4 Å². The maximum atomic E-state index is 12.0. The highest BCUT2D eigenvalue weighted by Gasteiger charge is 2.29. The van der Waals surface area contributed by atoms with Crippen molar-refractivity contribution in [1.82, 2.24) is 10.6 Å². The summed E-state index contributed by atoms with van der Waals surface area (Å²) in [6, 6.07) is 6.35. The fourth-order valence-corrected chi connectivity index (χ4v) is 3.04. The molecule has 0 bridgehead atoms. The van der Waals surface area contributed by atoms with Gasteiger partial charge in [-0.25, -0.2) is 9.59 Å². The van der Waals surface area contributed by atoms with Crippen LogP contribution in [0.1, 0.15) is 32.1 Å². The number of carbonyl (C=O) groups excluding carboxylic acids is 3. The van der Waals surface area contributed by atoms with Crippen molar-refractivity contribution in [2.45, 2.75) is 38.2 Å². The smallest absolute Gasteiger partial charge is 0.351 e. The van der Waals surface area contributed by atoms with Crippen molar-refractivity contribution < 1.29 is 28.6 Å². The minimum absolute atomic E-state index is 0.00615. The van der Waals surface area contributed by atoms with Crippen molar-refractivity contribution in [1.29, 1.82) is 0 Å². The molecule has 28 heavy (non-hydrogen) atoms. The number of fused-ring (bicyclic) bond motifs is 1. The molecule has 2 N–H and O–H groups in total. The van der Waals surface area contributed by atoms with Crippen LogP contribution in [0.5, 0.6) is 11.5 Å². The first-order valence-electron chi connectivity index (χ1n) is 9.42. The second-order valence-electron chi connectivity index (χ2n) is 6.63. The number of benzene rings is 1. The van der Waals surface area contributed by atoms with Crippen molar-refractivity contribution >= 4 is 17.9 Å². The zero-order chi connectivity index (χ0) is 19.8. The van der Waals surface area contributed by atoms with Gasteiger partial charge >= 0.3 is 12.0 Å². The molecule has 0 unspecified atom stereocenters. The quantitative estimate of drug-likeness (QED) is 0.571. The molecule has 0 radical (unpaired) electrons. The van der Waals surface area contributed by atoms with Gasteiger partial charge in [0.1, 0.15) is 6.61 Å². The molecule has 0 saturated heterocycles. The number of para-hydroxylation sites is 2. The third kappa shape index (κ3) is 5.73. The van der Waals surface area contributed by atoms with Crippen LogP contribution in [0.3, 0.4) is 0 Å². The van der Waals surface area contributed by atoms with Crippen molar-refractivity contribution in [3.05, 3.63) is 35.9 Å². The van der Waals surface area contributed by atoms with Crippen LogP contribution in [-0.4, -0.2) is 43.8 Å². The lowest BCUT2D eigenvalue weighted by atomic mass is 9.97. The lowest BCUT2D eigenvalue weighted by Crippen LogP contribution is -2.43. The zero-order valence-electron chi connectivity index (χ0n) is 15.6. The van der Waals surface area contributed by atoms with Crippen LogP contribution in [0, 0.1) is 0 Å². The van der Waals surface area contributed by atoms with Gasteiger partial charge in [-0.1, -0.05) is 23.8 Å². The Bertz CT molecular complexity index is 761. The maximum absolute atomic E-state index is 12.0. The van der Waals surface area contributed by atoms with E-state index in [1.807, 2.05) is 0 Å². The van der Waals surface area contributed by atoms with Crippen LogP contribution in [0.4, 0.5) is 4.79 Å². The lowest BCUT2D eigenvalue weighted by Gasteiger charge is -2.24. The number of amides is 3. The summed E-state index contributed by atoms with van der Waals surface area (Å²) in [5.41, 5.74) is 1.34. The minimum Gasteiger partial charge on any atom is -0.485 e. The van der Waals surface area contributed by atoms with Crippen LogP contribution in [0.15, 0.2) is 35.9 Å². The highest BCUT2D eigenvalue weighted by Crippen LogP contribution is 2.31. The van der Waals surface area contributed by atoms with Gasteiger partial charge in [0, 0.05) is 6.54 Å². The molecule has 1 aromatic rings. The number of ether oxygens (including phenoxy) is 3. The van der Waals surface area contributed by atoms with E-state index in [4.69, 9.17) is 14.2 Å². The van der Waals surface area contributed by atoms with Gasteiger partial charge in [-0.3, -0.25) is 10.1 Å². The molecule has 2 aliphatic rings. The number of nitrogens with one attached hydrogen (secondary N) is 2. The number of imide groups is 1. The van der Waals surface area contributed by atoms with Crippen molar-refractivity contribution in [3.63, 3.8) is 0 Å². The van der Waals surface area contributed by atoms with Gasteiger partial charge in [0.05, 0.1) is 0 Å². The Kier molecular flexibility index (Phi) is 6.89. The molecule has 3 rings (SSSR count). The van der Waals surface area contributed by atoms with Gasteiger partial charge in [-0.2, -0.15) is 0 Å². The Morgan fingerprint density at radius 2 is 1.96 bits per heavy atom. The minimum atomic E-state index is -0.958. The number of rotatable bonds is 6. The molecule has 1 aliphatic carbocycles. The topological polar surface area (TPSA) is 103 Å². The first-order valence-corrected chi connectivity index (χ1v) is 9.42. The molecule has 0 aromatic heterocycles. The maximum Gasteiger partial charge on any atom is 0.351 e. The van der Waals surface area contributed by atoms with E-state index in [9.17, 15) is 14.4 Å². The van der Waals surface area contributed by atoms with Crippen molar-refractivity contribution in [2.24, 2.45) is 0 Å². The second-order valence-corrected chi connectivity index (χ2v) is 6.63. The Labute approximate surface area is 163 Å². The fraction of sp³-hybridized carbons (Fsp3) is 0.450. The Hall–Kier alpha value is -3.03. The van der Waals surface area contributed by atoms with E-state index in [0.717, 1.165) is 19.3 Å². The summed E-state index contributed by atoms with van der Waals surface area (Å²) in [7, 11) is 0. The molecule has 0 spiro atoms. The molecule has 1 aromatic carbocycles. The largest absolute Gasteiger partial charge is 0.485 e. The summed E-state index contributed by atoms with van der Waals surface area (Å²) in [4.78, 5) is 35.5. The normalized spacial score (nSPS) is 17.9. The zero-order valence-corrected chi connectivity index (χ0v) is 15.6. The van der Waals surface area contributed by atoms with E-state index < -0.39 is 30.6 Å². The molecule has 3 amide bonds. The lowest BCUT2D eigenvalue weighted by molar-refractivity contribution is -0.157. The molecule has 1 heterocycles. The average Bonchev–Trinajstić information content (AvgIpc) is 2.72. The summed E-state index contributed by atoms with van der Waals surface area (Å²) < 4.78 is 15.8. The predicted molar refractivity (Wildman–Crippen MR) is 100 cm³/mol. The van der Waals surface area contributed by atoms with Gasteiger partial charge < -0.3 is 19.5 Å². The molecule has 150 valence electrons. The number of esters is 1.